The van der Waals surface area contributed by atoms with Crippen LogP contribution < -0.4 is 29.6 Å². The van der Waals surface area contributed by atoms with Crippen LogP contribution in [-0.2, 0) is 10.1 Å². The SMILES string of the molecule is CCCCCCCC/C=C\CCCCCCCCN(C)C(C)S(=O)(=O)[O-].[Na+]. The average Bonchev–Trinajstić information content (AvgIpc) is 2.59. The molecule has 0 bridgehead atoms. The number of unbranched alkanes of at least 4 members (excludes halogenated alkanes) is 12. The summed E-state index contributed by atoms with van der Waals surface area (Å²) in [4.78, 5) is 1.64. The van der Waals surface area contributed by atoms with Gasteiger partial charge < -0.3 is 4.55 Å². The smallest absolute Gasteiger partial charge is 0.747 e. The Hall–Kier alpha value is 0.610. The summed E-state index contributed by atoms with van der Waals surface area (Å²) in [5.74, 6) is 0. The molecule has 0 aromatic rings. The van der Waals surface area contributed by atoms with Crippen molar-refractivity contribution >= 4 is 10.1 Å². The Morgan fingerprint density at radius 1 is 0.815 bits per heavy atom. The number of hydrogen-bond donors (Lipinski definition) is 0. The maximum Gasteiger partial charge on any atom is 1.00 e. The molecule has 0 radical (unpaired) electrons. The van der Waals surface area contributed by atoms with Crippen LogP contribution in [0.4, 0.5) is 0 Å². The van der Waals surface area contributed by atoms with Gasteiger partial charge in [-0.25, -0.2) is 8.42 Å². The zero-order valence-corrected chi connectivity index (χ0v) is 21.2. The maximum atomic E-state index is 10.9. The molecule has 0 aliphatic carbocycles. The minimum atomic E-state index is -4.20. The molecule has 156 valence electrons. The summed E-state index contributed by atoms with van der Waals surface area (Å²) in [5.41, 5.74) is 0. The zero-order valence-electron chi connectivity index (χ0n) is 18.4. The summed E-state index contributed by atoms with van der Waals surface area (Å²) in [6.07, 6.45) is 22.3. The van der Waals surface area contributed by atoms with E-state index in [1.807, 2.05) is 0 Å². The first-order chi connectivity index (χ1) is 12.4. The average molecular weight is 412 g/mol. The van der Waals surface area contributed by atoms with Crippen LogP contribution in [0, 0.1) is 0 Å². The second-order valence-electron chi connectivity index (χ2n) is 7.51. The molecule has 4 nitrogen and oxygen atoms in total. The van der Waals surface area contributed by atoms with Gasteiger partial charge in [0.05, 0.1) is 5.37 Å². The number of nitrogens with zero attached hydrogens (tertiary/aromatic N) is 1. The molecule has 0 heterocycles. The number of hydrogen-bond acceptors (Lipinski definition) is 4. The van der Waals surface area contributed by atoms with E-state index in [2.05, 4.69) is 19.1 Å². The molecule has 0 N–H and O–H groups in total. The zero-order chi connectivity index (χ0) is 19.7. The third-order valence-electron chi connectivity index (χ3n) is 5.06. The van der Waals surface area contributed by atoms with Crippen molar-refractivity contribution in [3.63, 3.8) is 0 Å². The van der Waals surface area contributed by atoms with Gasteiger partial charge in [0.15, 0.2) is 0 Å². The molecule has 0 saturated carbocycles. The molecule has 0 spiro atoms. The first-order valence-electron chi connectivity index (χ1n) is 10.7. The Labute approximate surface area is 191 Å². The van der Waals surface area contributed by atoms with E-state index < -0.39 is 15.5 Å². The third kappa shape index (κ3) is 19.7. The van der Waals surface area contributed by atoms with Crippen LogP contribution in [0.3, 0.4) is 0 Å². The van der Waals surface area contributed by atoms with Crippen LogP contribution in [-0.4, -0.2) is 36.8 Å². The Bertz CT molecular complexity index is 441. The Balaban J connectivity index is 0. The van der Waals surface area contributed by atoms with Gasteiger partial charge in [0.2, 0.25) is 0 Å². The van der Waals surface area contributed by atoms with Crippen LogP contribution >= 0.6 is 0 Å². The predicted octanol–water partition coefficient (Wildman–Crippen LogP) is 2.85. The van der Waals surface area contributed by atoms with Gasteiger partial charge in [0, 0.05) is 0 Å². The van der Waals surface area contributed by atoms with Crippen LogP contribution in [0.2, 0.25) is 0 Å². The van der Waals surface area contributed by atoms with E-state index in [0.29, 0.717) is 6.54 Å². The second-order valence-corrected chi connectivity index (χ2v) is 9.18. The van der Waals surface area contributed by atoms with E-state index in [-0.39, 0.29) is 29.6 Å². The minimum absolute atomic E-state index is 0. The van der Waals surface area contributed by atoms with Gasteiger partial charge in [-0.2, -0.15) is 0 Å². The van der Waals surface area contributed by atoms with Gasteiger partial charge >= 0.3 is 29.6 Å². The van der Waals surface area contributed by atoms with Crippen LogP contribution in [0.5, 0.6) is 0 Å². The minimum Gasteiger partial charge on any atom is -0.747 e. The summed E-state index contributed by atoms with van der Waals surface area (Å²) in [6.45, 7) is 4.39. The van der Waals surface area contributed by atoms with Crippen molar-refractivity contribution in [2.75, 3.05) is 13.6 Å². The molecule has 0 aromatic heterocycles. The number of rotatable bonds is 18. The van der Waals surface area contributed by atoms with Crippen molar-refractivity contribution in [1.29, 1.82) is 0 Å². The summed E-state index contributed by atoms with van der Waals surface area (Å²) in [7, 11) is -2.50. The van der Waals surface area contributed by atoms with E-state index >= 15 is 0 Å². The second kappa shape index (κ2) is 19.9. The molecule has 0 aliphatic rings. The molecule has 6 heteroatoms. The van der Waals surface area contributed by atoms with E-state index in [4.69, 9.17) is 0 Å². The van der Waals surface area contributed by atoms with Crippen molar-refractivity contribution in [2.24, 2.45) is 0 Å². The van der Waals surface area contributed by atoms with Crippen LogP contribution in [0.15, 0.2) is 12.2 Å². The fraction of sp³-hybridized carbons (Fsp3) is 0.905. The summed E-state index contributed by atoms with van der Waals surface area (Å²) < 4.78 is 32.8. The van der Waals surface area contributed by atoms with Crippen molar-refractivity contribution in [3.8, 4) is 0 Å². The van der Waals surface area contributed by atoms with E-state index in [0.717, 1.165) is 12.8 Å². The molecular formula is C21H42NNaO3S. The quantitative estimate of drug-likeness (QED) is 0.151. The molecule has 1 atom stereocenters. The summed E-state index contributed by atoms with van der Waals surface area (Å²) >= 11 is 0. The molecule has 0 fully saturated rings. The van der Waals surface area contributed by atoms with Crippen LogP contribution in [0.1, 0.15) is 104 Å². The molecule has 27 heavy (non-hydrogen) atoms. The van der Waals surface area contributed by atoms with Gasteiger partial charge in [-0.3, -0.25) is 4.90 Å². The first-order valence-corrected chi connectivity index (χ1v) is 12.2. The van der Waals surface area contributed by atoms with E-state index in [1.165, 1.54) is 84.0 Å². The topological polar surface area (TPSA) is 60.4 Å². The maximum absolute atomic E-state index is 10.9. The van der Waals surface area contributed by atoms with Gasteiger partial charge in [-0.05, 0) is 52.6 Å². The van der Waals surface area contributed by atoms with Crippen molar-refractivity contribution in [1.82, 2.24) is 4.90 Å². The largest absolute Gasteiger partial charge is 1.00 e. The molecule has 0 amide bonds. The third-order valence-corrected chi connectivity index (χ3v) is 6.26. The van der Waals surface area contributed by atoms with Gasteiger partial charge in [0.25, 0.3) is 0 Å². The Morgan fingerprint density at radius 2 is 1.22 bits per heavy atom. The fourth-order valence-corrected chi connectivity index (χ4v) is 3.56. The Morgan fingerprint density at radius 3 is 1.67 bits per heavy atom. The molecule has 1 unspecified atom stereocenters. The van der Waals surface area contributed by atoms with Crippen molar-refractivity contribution < 1.29 is 42.5 Å². The molecular weight excluding hydrogens is 369 g/mol. The molecule has 0 saturated heterocycles. The molecule has 0 aliphatic heterocycles. The fourth-order valence-electron chi connectivity index (χ4n) is 3.01. The van der Waals surface area contributed by atoms with Gasteiger partial charge in [-0.1, -0.05) is 76.9 Å². The van der Waals surface area contributed by atoms with E-state index in [9.17, 15) is 13.0 Å². The Kier molecular flexibility index (Phi) is 22.0. The molecule has 0 rings (SSSR count). The normalized spacial score (nSPS) is 13.2. The summed E-state index contributed by atoms with van der Waals surface area (Å²) in [5, 5.41) is -0.925. The monoisotopic (exact) mass is 411 g/mol. The first kappa shape index (κ1) is 29.8. The predicted molar refractivity (Wildman–Crippen MR) is 111 cm³/mol. The van der Waals surface area contributed by atoms with Crippen molar-refractivity contribution in [3.05, 3.63) is 12.2 Å². The van der Waals surface area contributed by atoms with Crippen LogP contribution in [0.25, 0.3) is 0 Å². The van der Waals surface area contributed by atoms with Crippen molar-refractivity contribution in [2.45, 2.75) is 109 Å². The molecule has 0 aromatic carbocycles. The summed E-state index contributed by atoms with van der Waals surface area (Å²) in [6, 6.07) is 0. The number of allylic oxidation sites excluding steroid dienone is 2. The standard InChI is InChI=1S/C21H43NO3S.Na/c1-4-5-6-7-8-9-10-11-12-13-14-15-16-17-18-19-20-22(3)21(2)26(23,24)25;/h11-12,21H,4-10,13-20H2,1-3H3,(H,23,24,25);/q;+1/p-1/b12-11-;. The van der Waals surface area contributed by atoms with Gasteiger partial charge in [-0.15, -0.1) is 0 Å². The van der Waals surface area contributed by atoms with E-state index in [1.54, 1.807) is 11.9 Å². The van der Waals surface area contributed by atoms with Gasteiger partial charge in [0.1, 0.15) is 10.1 Å².